The van der Waals surface area contributed by atoms with Gasteiger partial charge in [-0.2, -0.15) is 5.10 Å². The first-order chi connectivity index (χ1) is 20.4. The highest BCUT2D eigenvalue weighted by molar-refractivity contribution is 6.06. The Balaban J connectivity index is 1.58. The van der Waals surface area contributed by atoms with Crippen molar-refractivity contribution < 1.29 is 33.3 Å². The van der Waals surface area contributed by atoms with Crippen molar-refractivity contribution in [3.8, 4) is 28.7 Å². The number of carbonyl (C=O) groups excluding carboxylic acids is 2. The molecule has 0 bridgehead atoms. The molecule has 0 unspecified atom stereocenters. The van der Waals surface area contributed by atoms with E-state index in [4.69, 9.17) is 23.7 Å². The van der Waals surface area contributed by atoms with Crippen molar-refractivity contribution in [3.05, 3.63) is 77.0 Å². The lowest BCUT2D eigenvalue weighted by molar-refractivity contribution is -0.117. The Morgan fingerprint density at radius 3 is 2.14 bits per heavy atom. The van der Waals surface area contributed by atoms with Crippen molar-refractivity contribution in [1.82, 2.24) is 10.7 Å². The molecule has 220 valence electrons. The molecule has 0 fully saturated rings. The summed E-state index contributed by atoms with van der Waals surface area (Å²) in [5.74, 6) is 0.845. The van der Waals surface area contributed by atoms with E-state index in [0.717, 1.165) is 24.3 Å². The van der Waals surface area contributed by atoms with Gasteiger partial charge in [0.15, 0.2) is 23.0 Å². The lowest BCUT2D eigenvalue weighted by Gasteiger charge is -2.20. The van der Waals surface area contributed by atoms with Gasteiger partial charge >= 0.3 is 0 Å². The number of hydrogen-bond acceptors (Lipinski definition) is 9. The summed E-state index contributed by atoms with van der Waals surface area (Å²) in [5.41, 5.74) is 5.13. The number of fused-ring (bicyclic) bond motifs is 1. The SMILES string of the molecule is CCN(CC)c1ccc(/C=N/NC(=O)/C(=C/c2ccc3c(c2)OCO3)NC(=O)c2cc(OC)c(OC)c(OC)c2)cc1. The average Bonchev–Trinajstić information content (AvgIpc) is 3.49. The third kappa shape index (κ3) is 6.92. The fourth-order valence-electron chi connectivity index (χ4n) is 4.32. The van der Waals surface area contributed by atoms with Gasteiger partial charge in [-0.15, -0.1) is 0 Å². The van der Waals surface area contributed by atoms with Crippen molar-refractivity contribution in [2.45, 2.75) is 13.8 Å². The summed E-state index contributed by atoms with van der Waals surface area (Å²) in [4.78, 5) is 28.8. The minimum atomic E-state index is -0.635. The predicted molar refractivity (Wildman–Crippen MR) is 160 cm³/mol. The monoisotopic (exact) mass is 574 g/mol. The molecule has 11 nitrogen and oxygen atoms in total. The molecule has 0 radical (unpaired) electrons. The molecule has 4 rings (SSSR count). The van der Waals surface area contributed by atoms with Gasteiger partial charge in [0.05, 0.1) is 27.5 Å². The molecule has 3 aromatic rings. The molecule has 0 aromatic heterocycles. The number of carbonyl (C=O) groups is 2. The Morgan fingerprint density at radius 2 is 1.52 bits per heavy atom. The topological polar surface area (TPSA) is 120 Å². The maximum atomic E-state index is 13.3. The molecule has 42 heavy (non-hydrogen) atoms. The number of anilines is 1. The molecule has 1 heterocycles. The first-order valence-electron chi connectivity index (χ1n) is 13.3. The molecular formula is C31H34N4O7. The summed E-state index contributed by atoms with van der Waals surface area (Å²) in [5, 5.41) is 6.78. The zero-order valence-corrected chi connectivity index (χ0v) is 24.2. The molecule has 1 aliphatic rings. The molecule has 2 N–H and O–H groups in total. The molecule has 0 atom stereocenters. The second kappa shape index (κ2) is 13.9. The van der Waals surface area contributed by atoms with Gasteiger partial charge in [0.2, 0.25) is 12.5 Å². The Labute approximate surface area is 244 Å². The normalized spacial score (nSPS) is 12.2. The van der Waals surface area contributed by atoms with Gasteiger partial charge in [-0.1, -0.05) is 18.2 Å². The molecule has 11 heteroatoms. The summed E-state index contributed by atoms with van der Waals surface area (Å²) in [6, 6.07) is 16.0. The van der Waals surface area contributed by atoms with Crippen LogP contribution in [0.3, 0.4) is 0 Å². The van der Waals surface area contributed by atoms with E-state index < -0.39 is 11.8 Å². The fraction of sp³-hybridized carbons (Fsp3) is 0.258. The van der Waals surface area contributed by atoms with Crippen LogP contribution in [0.25, 0.3) is 6.08 Å². The van der Waals surface area contributed by atoms with E-state index in [0.29, 0.717) is 34.3 Å². The van der Waals surface area contributed by atoms with Crippen LogP contribution in [0.1, 0.15) is 35.3 Å². The van der Waals surface area contributed by atoms with Crippen LogP contribution < -0.4 is 39.3 Å². The van der Waals surface area contributed by atoms with Crippen molar-refractivity contribution in [3.63, 3.8) is 0 Å². The summed E-state index contributed by atoms with van der Waals surface area (Å²) >= 11 is 0. The highest BCUT2D eigenvalue weighted by Crippen LogP contribution is 2.38. The summed E-state index contributed by atoms with van der Waals surface area (Å²) < 4.78 is 26.9. The molecule has 3 aromatic carbocycles. The van der Waals surface area contributed by atoms with Crippen LogP contribution in [-0.2, 0) is 4.79 Å². The highest BCUT2D eigenvalue weighted by Gasteiger charge is 2.20. The number of benzene rings is 3. The van der Waals surface area contributed by atoms with E-state index in [1.807, 2.05) is 24.3 Å². The molecule has 0 saturated carbocycles. The van der Waals surface area contributed by atoms with Crippen LogP contribution in [0.4, 0.5) is 5.69 Å². The second-order valence-electron chi connectivity index (χ2n) is 9.00. The van der Waals surface area contributed by atoms with E-state index >= 15 is 0 Å². The van der Waals surface area contributed by atoms with Gasteiger partial charge in [0.25, 0.3) is 11.8 Å². The van der Waals surface area contributed by atoms with Crippen LogP contribution in [0, 0.1) is 0 Å². The number of methoxy groups -OCH3 is 3. The zero-order chi connectivity index (χ0) is 30.1. The number of rotatable bonds is 12. The van der Waals surface area contributed by atoms with Crippen LogP contribution in [0.2, 0.25) is 0 Å². The minimum absolute atomic E-state index is 0.0540. The van der Waals surface area contributed by atoms with E-state index in [1.54, 1.807) is 18.2 Å². The Bertz CT molecular complexity index is 1460. The van der Waals surface area contributed by atoms with Crippen LogP contribution in [0.5, 0.6) is 28.7 Å². The van der Waals surface area contributed by atoms with Crippen LogP contribution in [0.15, 0.2) is 65.4 Å². The summed E-state index contributed by atoms with van der Waals surface area (Å²) in [6.45, 7) is 6.12. The number of nitrogens with zero attached hydrogens (tertiary/aromatic N) is 2. The Morgan fingerprint density at radius 1 is 0.881 bits per heavy atom. The molecule has 0 spiro atoms. The number of hydrogen-bond donors (Lipinski definition) is 2. The van der Waals surface area contributed by atoms with Crippen molar-refractivity contribution >= 4 is 29.8 Å². The van der Waals surface area contributed by atoms with Crippen molar-refractivity contribution in [1.29, 1.82) is 0 Å². The quantitative estimate of drug-likeness (QED) is 0.188. The first-order valence-corrected chi connectivity index (χ1v) is 13.3. The molecular weight excluding hydrogens is 540 g/mol. The van der Waals surface area contributed by atoms with Gasteiger partial charge in [-0.05, 0) is 67.4 Å². The first kappa shape index (κ1) is 29.8. The summed E-state index contributed by atoms with van der Waals surface area (Å²) in [7, 11) is 4.37. The molecule has 2 amide bonds. The van der Waals surface area contributed by atoms with E-state index in [2.05, 4.69) is 34.6 Å². The maximum Gasteiger partial charge on any atom is 0.287 e. The lowest BCUT2D eigenvalue weighted by atomic mass is 10.1. The second-order valence-corrected chi connectivity index (χ2v) is 9.00. The Kier molecular flexibility index (Phi) is 9.88. The van der Waals surface area contributed by atoms with Gasteiger partial charge < -0.3 is 33.9 Å². The summed E-state index contributed by atoms with van der Waals surface area (Å²) in [6.07, 6.45) is 3.05. The van der Waals surface area contributed by atoms with E-state index in [-0.39, 0.29) is 18.1 Å². The smallest absolute Gasteiger partial charge is 0.287 e. The molecule has 0 saturated heterocycles. The van der Waals surface area contributed by atoms with Crippen LogP contribution >= 0.6 is 0 Å². The third-order valence-electron chi connectivity index (χ3n) is 6.53. The zero-order valence-electron chi connectivity index (χ0n) is 24.2. The number of amides is 2. The molecule has 1 aliphatic heterocycles. The average molecular weight is 575 g/mol. The van der Waals surface area contributed by atoms with E-state index in [9.17, 15) is 9.59 Å². The minimum Gasteiger partial charge on any atom is -0.493 e. The van der Waals surface area contributed by atoms with Gasteiger partial charge in [-0.25, -0.2) is 5.43 Å². The van der Waals surface area contributed by atoms with Gasteiger partial charge in [-0.3, -0.25) is 9.59 Å². The number of nitrogens with one attached hydrogen (secondary N) is 2. The number of ether oxygens (including phenoxy) is 5. The lowest BCUT2D eigenvalue weighted by Crippen LogP contribution is -2.32. The van der Waals surface area contributed by atoms with Gasteiger partial charge in [0, 0.05) is 24.3 Å². The van der Waals surface area contributed by atoms with Gasteiger partial charge in [0.1, 0.15) is 5.70 Å². The standard InChI is InChI=1S/C31H34N4O7/c1-6-35(7-2)23-11-8-20(9-12-23)18-32-34-31(37)24(14-21-10-13-25-26(15-21)42-19-41-25)33-30(36)22-16-27(38-3)29(40-5)28(17-22)39-4/h8-18H,6-7,19H2,1-5H3,(H,33,36)(H,34,37)/b24-14-,32-18+. The predicted octanol–water partition coefficient (Wildman–Crippen LogP) is 4.21. The van der Waals surface area contributed by atoms with E-state index in [1.165, 1.54) is 45.8 Å². The highest BCUT2D eigenvalue weighted by atomic mass is 16.7. The Hall–Kier alpha value is -5.19. The third-order valence-corrected chi connectivity index (χ3v) is 6.53. The number of hydrazone groups is 1. The maximum absolute atomic E-state index is 13.3. The fourth-order valence-corrected chi connectivity index (χ4v) is 4.32. The largest absolute Gasteiger partial charge is 0.493 e. The van der Waals surface area contributed by atoms with Crippen molar-refractivity contribution in [2.24, 2.45) is 5.10 Å². The van der Waals surface area contributed by atoms with Crippen LogP contribution in [-0.4, -0.2) is 59.2 Å². The van der Waals surface area contributed by atoms with Crippen molar-refractivity contribution in [2.75, 3.05) is 46.1 Å². The molecule has 0 aliphatic carbocycles.